The molecule has 0 atom stereocenters. The zero-order valence-electron chi connectivity index (χ0n) is 13.7. The summed E-state index contributed by atoms with van der Waals surface area (Å²) in [5.41, 5.74) is 2.75. The smallest absolute Gasteiger partial charge is 0.0820 e. The standard InChI is InChI=1S/C17H21Br2NSi2/c1-20-14-8-6-12(18)10-16(14)21(2,3)22(4,5)17-11-13(19)7-9-15(17)20/h6-11H,1-5H3. The minimum Gasteiger partial charge on any atom is -0.345 e. The summed E-state index contributed by atoms with van der Waals surface area (Å²) >= 11 is 7.37. The summed E-state index contributed by atoms with van der Waals surface area (Å²) < 4.78 is 2.38. The van der Waals surface area contributed by atoms with Gasteiger partial charge < -0.3 is 4.90 Å². The fourth-order valence-electron chi connectivity index (χ4n) is 3.41. The van der Waals surface area contributed by atoms with Crippen LogP contribution in [0.1, 0.15) is 0 Å². The number of halogens is 2. The van der Waals surface area contributed by atoms with E-state index in [1.807, 2.05) is 0 Å². The molecule has 1 nitrogen and oxygen atoms in total. The van der Waals surface area contributed by atoms with Gasteiger partial charge in [-0.25, -0.2) is 0 Å². The monoisotopic (exact) mass is 453 g/mol. The summed E-state index contributed by atoms with van der Waals surface area (Å²) in [5.74, 6) is 0. The average Bonchev–Trinajstić information content (AvgIpc) is 2.49. The largest absolute Gasteiger partial charge is 0.345 e. The summed E-state index contributed by atoms with van der Waals surface area (Å²) in [7, 11) is -0.972. The number of nitrogens with zero attached hydrogens (tertiary/aromatic N) is 1. The van der Waals surface area contributed by atoms with Crippen molar-refractivity contribution < 1.29 is 0 Å². The number of anilines is 2. The van der Waals surface area contributed by atoms with Crippen molar-refractivity contribution in [2.45, 2.75) is 26.2 Å². The van der Waals surface area contributed by atoms with Gasteiger partial charge in [0.2, 0.25) is 0 Å². The van der Waals surface area contributed by atoms with Crippen LogP contribution < -0.4 is 15.3 Å². The molecule has 0 aromatic heterocycles. The first-order chi connectivity index (χ1) is 10.2. The summed E-state index contributed by atoms with van der Waals surface area (Å²) in [4.78, 5) is 2.39. The van der Waals surface area contributed by atoms with E-state index >= 15 is 0 Å². The van der Waals surface area contributed by atoms with E-state index in [-0.39, 0.29) is 0 Å². The van der Waals surface area contributed by atoms with Gasteiger partial charge in [0.15, 0.2) is 0 Å². The molecule has 3 rings (SSSR count). The Balaban J connectivity index is 2.41. The Morgan fingerprint density at radius 1 is 0.727 bits per heavy atom. The molecule has 0 unspecified atom stereocenters. The van der Waals surface area contributed by atoms with Gasteiger partial charge in [-0.2, -0.15) is 0 Å². The first kappa shape index (κ1) is 16.5. The lowest BCUT2D eigenvalue weighted by molar-refractivity contribution is 1.22. The van der Waals surface area contributed by atoms with Gasteiger partial charge >= 0.3 is 0 Å². The van der Waals surface area contributed by atoms with Crippen molar-refractivity contribution in [2.75, 3.05) is 11.9 Å². The average molecular weight is 455 g/mol. The Morgan fingerprint density at radius 2 is 1.09 bits per heavy atom. The predicted octanol–water partition coefficient (Wildman–Crippen LogP) is 4.90. The molecule has 0 spiro atoms. The van der Waals surface area contributed by atoms with Crippen LogP contribution in [-0.4, -0.2) is 22.2 Å². The first-order valence-corrected chi connectivity index (χ1v) is 16.1. The number of hydrogen-bond donors (Lipinski definition) is 0. The van der Waals surface area contributed by atoms with Crippen LogP contribution in [0.4, 0.5) is 11.4 Å². The topological polar surface area (TPSA) is 3.24 Å². The van der Waals surface area contributed by atoms with Gasteiger partial charge in [-0.05, 0) is 46.8 Å². The van der Waals surface area contributed by atoms with Crippen LogP contribution in [0.15, 0.2) is 45.3 Å². The number of hydrogen-bond acceptors (Lipinski definition) is 1. The predicted molar refractivity (Wildman–Crippen MR) is 111 cm³/mol. The van der Waals surface area contributed by atoms with E-state index < -0.39 is 15.2 Å². The molecule has 5 heteroatoms. The molecule has 0 saturated heterocycles. The van der Waals surface area contributed by atoms with Crippen molar-refractivity contribution in [3.8, 4) is 0 Å². The van der Waals surface area contributed by atoms with Crippen LogP contribution in [0.2, 0.25) is 26.2 Å². The zero-order valence-corrected chi connectivity index (χ0v) is 18.8. The molecule has 2 aromatic rings. The second kappa shape index (κ2) is 5.33. The molecular formula is C17H21Br2NSi2. The molecule has 0 aliphatic carbocycles. The highest BCUT2D eigenvalue weighted by Crippen LogP contribution is 2.35. The molecule has 2 aromatic carbocycles. The van der Waals surface area contributed by atoms with E-state index in [0.29, 0.717) is 0 Å². The van der Waals surface area contributed by atoms with Crippen LogP contribution in [0.25, 0.3) is 0 Å². The van der Waals surface area contributed by atoms with Gasteiger partial charge in [-0.3, -0.25) is 0 Å². The Kier molecular flexibility index (Phi) is 3.99. The Labute approximate surface area is 151 Å². The minimum atomic E-state index is -1.59. The van der Waals surface area contributed by atoms with Crippen molar-refractivity contribution in [1.82, 2.24) is 0 Å². The highest BCUT2D eigenvalue weighted by atomic mass is 79.9. The summed E-state index contributed by atoms with van der Waals surface area (Å²) in [6, 6.07) is 13.6. The summed E-state index contributed by atoms with van der Waals surface area (Å²) in [5, 5.41) is 3.15. The SMILES string of the molecule is CN1c2ccc(Br)cc2[Si](C)(C)[Si](C)(C)c2cc(Br)ccc21. The van der Waals surface area contributed by atoms with Crippen LogP contribution in [0, 0.1) is 0 Å². The molecule has 0 fully saturated rings. The summed E-state index contributed by atoms with van der Waals surface area (Å²) in [6.45, 7) is 10.2. The maximum absolute atomic E-state index is 3.68. The molecule has 0 amide bonds. The fraction of sp³-hybridized carbons (Fsp3) is 0.294. The molecule has 1 aliphatic rings. The number of fused-ring (bicyclic) bond motifs is 2. The van der Waals surface area contributed by atoms with Crippen molar-refractivity contribution in [3.05, 3.63) is 45.3 Å². The molecule has 1 aliphatic heterocycles. The Bertz CT molecular complexity index is 693. The molecule has 22 heavy (non-hydrogen) atoms. The third kappa shape index (κ3) is 2.28. The van der Waals surface area contributed by atoms with Gasteiger partial charge in [0, 0.05) is 27.4 Å². The van der Waals surface area contributed by atoms with Crippen molar-refractivity contribution >= 4 is 68.8 Å². The van der Waals surface area contributed by atoms with E-state index in [1.165, 1.54) is 20.3 Å². The molecule has 116 valence electrons. The van der Waals surface area contributed by atoms with Gasteiger partial charge in [0.25, 0.3) is 0 Å². The van der Waals surface area contributed by atoms with Gasteiger partial charge in [-0.15, -0.1) is 0 Å². The Hall–Kier alpha value is -0.366. The van der Waals surface area contributed by atoms with E-state index in [1.54, 1.807) is 10.4 Å². The quantitative estimate of drug-likeness (QED) is 0.511. The molecule has 0 N–H and O–H groups in total. The molecule has 0 saturated carbocycles. The molecule has 0 radical (unpaired) electrons. The lowest BCUT2D eigenvalue weighted by Crippen LogP contribution is -2.68. The third-order valence-corrected chi connectivity index (χ3v) is 24.1. The lowest BCUT2D eigenvalue weighted by atomic mass is 10.2. The highest BCUT2D eigenvalue weighted by molar-refractivity contribution is 9.10. The minimum absolute atomic E-state index is 1.19. The molecular weight excluding hydrogens is 434 g/mol. The van der Waals surface area contributed by atoms with E-state index in [4.69, 9.17) is 0 Å². The second-order valence-electron chi connectivity index (χ2n) is 7.13. The number of benzene rings is 2. The van der Waals surface area contributed by atoms with Crippen LogP contribution in [-0.2, 0) is 0 Å². The third-order valence-electron chi connectivity index (χ3n) is 5.55. The van der Waals surface area contributed by atoms with Crippen molar-refractivity contribution in [3.63, 3.8) is 0 Å². The summed E-state index contributed by atoms with van der Waals surface area (Å²) in [6.07, 6.45) is 0. The normalized spacial score (nSPS) is 18.4. The zero-order chi connectivity index (χ0) is 16.3. The van der Waals surface area contributed by atoms with Crippen molar-refractivity contribution in [1.29, 1.82) is 0 Å². The second-order valence-corrected chi connectivity index (χ2v) is 24.0. The van der Waals surface area contributed by atoms with Crippen LogP contribution >= 0.6 is 31.9 Å². The van der Waals surface area contributed by atoms with Crippen LogP contribution in [0.5, 0.6) is 0 Å². The fourth-order valence-corrected chi connectivity index (χ4v) is 14.0. The molecule has 1 heterocycles. The maximum atomic E-state index is 3.68. The van der Waals surface area contributed by atoms with Gasteiger partial charge in [0.05, 0.1) is 15.2 Å². The number of rotatable bonds is 0. The highest BCUT2D eigenvalue weighted by Gasteiger charge is 2.48. The van der Waals surface area contributed by atoms with E-state index in [2.05, 4.69) is 106 Å². The first-order valence-electron chi connectivity index (χ1n) is 7.50. The Morgan fingerprint density at radius 3 is 1.45 bits per heavy atom. The maximum Gasteiger partial charge on any atom is 0.0820 e. The van der Waals surface area contributed by atoms with Gasteiger partial charge in [0.1, 0.15) is 0 Å². The lowest BCUT2D eigenvalue weighted by Gasteiger charge is -2.38. The van der Waals surface area contributed by atoms with Gasteiger partial charge in [-0.1, -0.05) is 58.0 Å². The van der Waals surface area contributed by atoms with E-state index in [9.17, 15) is 0 Å². The molecule has 0 bridgehead atoms. The van der Waals surface area contributed by atoms with E-state index in [0.717, 1.165) is 0 Å². The van der Waals surface area contributed by atoms with Crippen molar-refractivity contribution in [2.24, 2.45) is 0 Å². The van der Waals surface area contributed by atoms with Crippen LogP contribution in [0.3, 0.4) is 0 Å².